The van der Waals surface area contributed by atoms with E-state index in [2.05, 4.69) is 10.3 Å². The van der Waals surface area contributed by atoms with Gasteiger partial charge in [-0.15, -0.1) is 0 Å². The van der Waals surface area contributed by atoms with Crippen LogP contribution in [-0.2, 0) is 13.0 Å². The number of carbonyl (C=O) groups excluding carboxylic acids is 1. The Labute approximate surface area is 152 Å². The molecule has 4 rings (SSSR count). The molecule has 26 heavy (non-hydrogen) atoms. The van der Waals surface area contributed by atoms with Gasteiger partial charge in [-0.05, 0) is 43.5 Å². The van der Waals surface area contributed by atoms with Crippen LogP contribution in [0.1, 0.15) is 25.3 Å². The summed E-state index contributed by atoms with van der Waals surface area (Å²) >= 11 is 0. The Morgan fingerprint density at radius 2 is 2.23 bits per heavy atom. The van der Waals surface area contributed by atoms with E-state index in [1.165, 1.54) is 0 Å². The summed E-state index contributed by atoms with van der Waals surface area (Å²) in [7, 11) is 0. The molecule has 2 aliphatic rings. The lowest BCUT2D eigenvalue weighted by molar-refractivity contribution is -0.0247. The molecule has 0 unspecified atom stereocenters. The van der Waals surface area contributed by atoms with Gasteiger partial charge in [0.1, 0.15) is 11.9 Å². The second-order valence-corrected chi connectivity index (χ2v) is 7.33. The predicted octanol–water partition coefficient (Wildman–Crippen LogP) is 2.27. The van der Waals surface area contributed by atoms with Gasteiger partial charge in [-0.2, -0.15) is 0 Å². The summed E-state index contributed by atoms with van der Waals surface area (Å²) in [6.07, 6.45) is 7.40. The zero-order valence-corrected chi connectivity index (χ0v) is 14.9. The Balaban J connectivity index is 1.33. The van der Waals surface area contributed by atoms with Crippen molar-refractivity contribution in [1.29, 1.82) is 0 Å². The second-order valence-electron chi connectivity index (χ2n) is 7.33. The molecule has 1 aromatic carbocycles. The summed E-state index contributed by atoms with van der Waals surface area (Å²) in [5, 5.41) is 13.7. The average Bonchev–Trinajstić information content (AvgIpc) is 3.23. The van der Waals surface area contributed by atoms with Gasteiger partial charge in [0.15, 0.2) is 0 Å². The Kier molecular flexibility index (Phi) is 4.32. The first-order chi connectivity index (χ1) is 12.5. The van der Waals surface area contributed by atoms with Gasteiger partial charge < -0.3 is 24.6 Å². The van der Waals surface area contributed by atoms with Crippen molar-refractivity contribution in [1.82, 2.24) is 14.5 Å². The number of urea groups is 1. The van der Waals surface area contributed by atoms with Gasteiger partial charge in [0, 0.05) is 37.6 Å². The topological polar surface area (TPSA) is 79.6 Å². The highest BCUT2D eigenvalue weighted by atomic mass is 16.5. The van der Waals surface area contributed by atoms with Gasteiger partial charge >= 0.3 is 6.03 Å². The Bertz CT molecular complexity index is 782. The number of hydrogen-bond acceptors (Lipinski definition) is 4. The van der Waals surface area contributed by atoms with Gasteiger partial charge in [0.05, 0.1) is 18.5 Å². The Morgan fingerprint density at radius 3 is 2.96 bits per heavy atom. The summed E-state index contributed by atoms with van der Waals surface area (Å²) in [6, 6.07) is 5.64. The van der Waals surface area contributed by atoms with Gasteiger partial charge in [-0.25, -0.2) is 9.78 Å². The van der Waals surface area contributed by atoms with Crippen LogP contribution in [0.2, 0.25) is 0 Å². The van der Waals surface area contributed by atoms with Gasteiger partial charge in [-0.1, -0.05) is 0 Å². The number of amides is 2. The van der Waals surface area contributed by atoms with Crippen molar-refractivity contribution in [2.75, 3.05) is 18.4 Å². The van der Waals surface area contributed by atoms with Crippen LogP contribution in [-0.4, -0.2) is 50.4 Å². The first kappa shape index (κ1) is 16.9. The maximum atomic E-state index is 12.5. The maximum Gasteiger partial charge on any atom is 0.321 e. The Hall–Kier alpha value is -2.54. The smallest absolute Gasteiger partial charge is 0.321 e. The van der Waals surface area contributed by atoms with Crippen LogP contribution in [0.3, 0.4) is 0 Å². The van der Waals surface area contributed by atoms with Crippen LogP contribution < -0.4 is 10.1 Å². The summed E-state index contributed by atoms with van der Waals surface area (Å²) in [5.74, 6) is 0.901. The van der Waals surface area contributed by atoms with Crippen molar-refractivity contribution >= 4 is 11.7 Å². The normalized spacial score (nSPS) is 21.2. The largest absolute Gasteiger partial charge is 0.490 e. The van der Waals surface area contributed by atoms with E-state index >= 15 is 0 Å². The monoisotopic (exact) mass is 356 g/mol. The molecular weight excluding hydrogens is 332 g/mol. The van der Waals surface area contributed by atoms with Crippen molar-refractivity contribution in [2.24, 2.45) is 0 Å². The van der Waals surface area contributed by atoms with Crippen molar-refractivity contribution in [3.8, 4) is 5.75 Å². The third kappa shape index (κ3) is 3.53. The molecule has 138 valence electrons. The molecule has 1 saturated heterocycles. The van der Waals surface area contributed by atoms with E-state index in [0.29, 0.717) is 32.5 Å². The highest BCUT2D eigenvalue weighted by Gasteiger charge is 2.34. The molecule has 7 heteroatoms. The number of carbonyl (C=O) groups is 1. The molecule has 0 aliphatic carbocycles. The van der Waals surface area contributed by atoms with Gasteiger partial charge in [0.2, 0.25) is 0 Å². The number of ether oxygens (including phenoxy) is 1. The van der Waals surface area contributed by atoms with E-state index in [1.54, 1.807) is 17.4 Å². The van der Waals surface area contributed by atoms with Gasteiger partial charge in [0.25, 0.3) is 0 Å². The molecule has 0 bridgehead atoms. The Morgan fingerprint density at radius 1 is 1.42 bits per heavy atom. The zero-order valence-electron chi connectivity index (χ0n) is 14.9. The number of piperidine rings is 1. The lowest BCUT2D eigenvalue weighted by atomic mass is 9.91. The fourth-order valence-electron chi connectivity index (χ4n) is 3.71. The van der Waals surface area contributed by atoms with Crippen molar-refractivity contribution in [3.05, 3.63) is 42.5 Å². The average molecular weight is 356 g/mol. The predicted molar refractivity (Wildman–Crippen MR) is 97.2 cm³/mol. The van der Waals surface area contributed by atoms with Crippen LogP contribution in [0.25, 0.3) is 0 Å². The molecule has 1 fully saturated rings. The molecule has 7 nitrogen and oxygen atoms in total. The minimum Gasteiger partial charge on any atom is -0.490 e. The highest BCUT2D eigenvalue weighted by molar-refractivity contribution is 5.89. The number of aromatic nitrogens is 2. The number of fused-ring (bicyclic) bond motifs is 1. The van der Waals surface area contributed by atoms with Crippen LogP contribution >= 0.6 is 0 Å². The minimum absolute atomic E-state index is 0.124. The molecular formula is C19H24N4O3. The summed E-state index contributed by atoms with van der Waals surface area (Å²) < 4.78 is 7.57. The van der Waals surface area contributed by atoms with Crippen molar-refractivity contribution in [2.45, 2.75) is 44.4 Å². The molecule has 2 aliphatic heterocycles. The van der Waals surface area contributed by atoms with Crippen LogP contribution in [0.5, 0.6) is 5.75 Å². The van der Waals surface area contributed by atoms with Crippen LogP contribution in [0.4, 0.5) is 10.5 Å². The molecule has 2 aromatic rings. The standard InChI is InChI=1S/C19H24N4O3/c1-14-10-15-11-16(2-3-17(15)26-14)21-18(24)23-7-4-19(25,5-8-23)12-22-9-6-20-13-22/h2-3,6,9,11,13-14,25H,4-5,7-8,10,12H2,1H3,(H,21,24)/t14-/m0/s1. The van der Waals surface area contributed by atoms with Crippen molar-refractivity contribution in [3.63, 3.8) is 0 Å². The molecule has 1 aromatic heterocycles. The minimum atomic E-state index is -0.793. The number of nitrogens with one attached hydrogen (secondary N) is 1. The molecule has 0 spiro atoms. The fourth-order valence-corrected chi connectivity index (χ4v) is 3.71. The molecule has 1 atom stereocenters. The number of nitrogens with zero attached hydrogens (tertiary/aromatic N) is 3. The van der Waals surface area contributed by atoms with E-state index in [-0.39, 0.29) is 12.1 Å². The van der Waals surface area contributed by atoms with E-state index in [1.807, 2.05) is 35.9 Å². The summed E-state index contributed by atoms with van der Waals surface area (Å²) in [4.78, 5) is 18.3. The molecule has 2 N–H and O–H groups in total. The fraction of sp³-hybridized carbons (Fsp3) is 0.474. The number of benzene rings is 1. The van der Waals surface area contributed by atoms with E-state index in [9.17, 15) is 9.90 Å². The van der Waals surface area contributed by atoms with Crippen molar-refractivity contribution < 1.29 is 14.6 Å². The molecule has 0 radical (unpaired) electrons. The van der Waals surface area contributed by atoms with Crippen LogP contribution in [0, 0.1) is 0 Å². The number of rotatable bonds is 3. The maximum absolute atomic E-state index is 12.5. The first-order valence-electron chi connectivity index (χ1n) is 9.04. The lowest BCUT2D eigenvalue weighted by Gasteiger charge is -2.38. The molecule has 2 amide bonds. The third-order valence-corrected chi connectivity index (χ3v) is 5.16. The van der Waals surface area contributed by atoms with Gasteiger partial charge in [-0.3, -0.25) is 0 Å². The highest BCUT2D eigenvalue weighted by Crippen LogP contribution is 2.31. The van der Waals surface area contributed by atoms with E-state index in [0.717, 1.165) is 23.4 Å². The number of likely N-dealkylation sites (tertiary alicyclic amines) is 1. The van der Waals surface area contributed by atoms with E-state index < -0.39 is 5.60 Å². The number of aliphatic hydroxyl groups is 1. The summed E-state index contributed by atoms with van der Waals surface area (Å²) in [6.45, 7) is 3.60. The second kappa shape index (κ2) is 6.64. The molecule has 0 saturated carbocycles. The summed E-state index contributed by atoms with van der Waals surface area (Å²) in [5.41, 5.74) is 1.12. The zero-order chi connectivity index (χ0) is 18.1. The molecule has 3 heterocycles. The number of imidazole rings is 1. The quantitative estimate of drug-likeness (QED) is 0.884. The third-order valence-electron chi connectivity index (χ3n) is 5.16. The lowest BCUT2D eigenvalue weighted by Crippen LogP contribution is -2.49. The number of anilines is 1. The van der Waals surface area contributed by atoms with Crippen LogP contribution in [0.15, 0.2) is 36.9 Å². The first-order valence-corrected chi connectivity index (χ1v) is 9.04. The number of hydrogen-bond donors (Lipinski definition) is 2. The SMILES string of the molecule is C[C@H]1Cc2cc(NC(=O)N3CCC(O)(Cn4ccnc4)CC3)ccc2O1. The van der Waals surface area contributed by atoms with E-state index in [4.69, 9.17) is 4.74 Å².